The second kappa shape index (κ2) is 7.53. The zero-order valence-electron chi connectivity index (χ0n) is 14.9. The van der Waals surface area contributed by atoms with E-state index in [-0.39, 0.29) is 18.6 Å². The van der Waals surface area contributed by atoms with Crippen molar-refractivity contribution in [2.24, 2.45) is 5.92 Å². The Balaban J connectivity index is 1.52. The lowest BCUT2D eigenvalue weighted by Gasteiger charge is -2.31. The Morgan fingerprint density at radius 2 is 2.21 bits per heavy atom. The lowest BCUT2D eigenvalue weighted by atomic mass is 9.83. The van der Waals surface area contributed by atoms with Crippen LogP contribution in [0.5, 0.6) is 5.75 Å². The summed E-state index contributed by atoms with van der Waals surface area (Å²) in [5.41, 5.74) is 8.83. The molecule has 2 fully saturated rings. The van der Waals surface area contributed by atoms with Gasteiger partial charge < -0.3 is 10.1 Å². The van der Waals surface area contributed by atoms with Crippen LogP contribution in [0.1, 0.15) is 50.2 Å². The Hall–Kier alpha value is -1.59. The van der Waals surface area contributed by atoms with Crippen molar-refractivity contribution in [3.05, 3.63) is 29.3 Å². The Morgan fingerprint density at radius 3 is 3.00 bits per heavy atom. The fourth-order valence-corrected chi connectivity index (χ4v) is 3.79. The van der Waals surface area contributed by atoms with Crippen molar-refractivity contribution in [2.75, 3.05) is 13.2 Å². The molecule has 3 unspecified atom stereocenters. The second-order valence-corrected chi connectivity index (χ2v) is 7.45. The highest BCUT2D eigenvalue weighted by molar-refractivity contribution is 5.77. The highest BCUT2D eigenvalue weighted by atomic mass is 16.5. The molecule has 1 aliphatic heterocycles. The summed E-state index contributed by atoms with van der Waals surface area (Å²) in [6.45, 7) is 7.40. The smallest absolute Gasteiger partial charge is 0.258 e. The van der Waals surface area contributed by atoms with E-state index < -0.39 is 0 Å². The van der Waals surface area contributed by atoms with Crippen LogP contribution in [0, 0.1) is 12.8 Å². The van der Waals surface area contributed by atoms with Crippen LogP contribution < -0.4 is 20.9 Å². The molecule has 1 amide bonds. The van der Waals surface area contributed by atoms with Gasteiger partial charge >= 0.3 is 0 Å². The molecule has 3 atom stereocenters. The van der Waals surface area contributed by atoms with Gasteiger partial charge in [0.2, 0.25) is 0 Å². The number of benzene rings is 1. The van der Waals surface area contributed by atoms with E-state index in [1.54, 1.807) is 0 Å². The van der Waals surface area contributed by atoms with Crippen molar-refractivity contribution < 1.29 is 9.53 Å². The second-order valence-electron chi connectivity index (χ2n) is 7.45. The molecule has 5 nitrogen and oxygen atoms in total. The number of rotatable bonds is 5. The number of carbonyl (C=O) groups excluding carboxylic acids is 1. The van der Waals surface area contributed by atoms with Crippen LogP contribution in [0.3, 0.4) is 0 Å². The molecule has 1 saturated heterocycles. The number of fused-ring (bicyclic) bond motifs is 1. The SMILES string of the molecule is Cc1ccc(C(C)C)c(OCC(=O)NC2CCC3NNCC3C2)c1. The van der Waals surface area contributed by atoms with Crippen LogP contribution in [-0.4, -0.2) is 31.1 Å². The first-order valence-electron chi connectivity index (χ1n) is 9.04. The molecule has 0 spiro atoms. The summed E-state index contributed by atoms with van der Waals surface area (Å²) in [5.74, 6) is 1.80. The van der Waals surface area contributed by atoms with Crippen molar-refractivity contribution in [3.8, 4) is 5.75 Å². The summed E-state index contributed by atoms with van der Waals surface area (Å²) in [7, 11) is 0. The maximum atomic E-state index is 12.3. The van der Waals surface area contributed by atoms with Gasteiger partial charge in [0.25, 0.3) is 5.91 Å². The van der Waals surface area contributed by atoms with Gasteiger partial charge in [-0.1, -0.05) is 26.0 Å². The van der Waals surface area contributed by atoms with E-state index in [0.717, 1.165) is 42.7 Å². The lowest BCUT2D eigenvalue weighted by Crippen LogP contribution is -2.45. The number of amides is 1. The zero-order chi connectivity index (χ0) is 17.1. The van der Waals surface area contributed by atoms with Crippen molar-refractivity contribution >= 4 is 5.91 Å². The summed E-state index contributed by atoms with van der Waals surface area (Å²) >= 11 is 0. The highest BCUT2D eigenvalue weighted by Crippen LogP contribution is 2.28. The van der Waals surface area contributed by atoms with Gasteiger partial charge in [0.1, 0.15) is 5.75 Å². The minimum Gasteiger partial charge on any atom is -0.483 e. The fourth-order valence-electron chi connectivity index (χ4n) is 3.79. The molecule has 3 rings (SSSR count). The monoisotopic (exact) mass is 331 g/mol. The van der Waals surface area contributed by atoms with Crippen molar-refractivity contribution in [2.45, 2.75) is 58.0 Å². The Kier molecular flexibility index (Phi) is 5.41. The van der Waals surface area contributed by atoms with Gasteiger partial charge in [-0.3, -0.25) is 15.6 Å². The molecule has 0 radical (unpaired) electrons. The summed E-state index contributed by atoms with van der Waals surface area (Å²) in [4.78, 5) is 12.3. The van der Waals surface area contributed by atoms with E-state index in [0.29, 0.717) is 17.9 Å². The molecule has 0 aromatic heterocycles. The van der Waals surface area contributed by atoms with Gasteiger partial charge in [-0.2, -0.15) is 0 Å². The predicted molar refractivity (Wildman–Crippen MR) is 95.0 cm³/mol. The standard InChI is InChI=1S/C19H29N3O2/c1-12(2)16-6-4-13(3)8-18(16)24-11-19(23)21-15-5-7-17-14(9-15)10-20-22-17/h4,6,8,12,14-15,17,20,22H,5,7,9-11H2,1-3H3,(H,21,23). The normalized spacial score (nSPS) is 26.2. The summed E-state index contributed by atoms with van der Waals surface area (Å²) in [6.07, 6.45) is 3.18. The first kappa shape index (κ1) is 17.2. The molecule has 0 bridgehead atoms. The minimum atomic E-state index is -0.0198. The molecule has 3 N–H and O–H groups in total. The zero-order valence-corrected chi connectivity index (χ0v) is 14.9. The van der Waals surface area contributed by atoms with Crippen LogP contribution >= 0.6 is 0 Å². The first-order valence-corrected chi connectivity index (χ1v) is 9.04. The number of nitrogens with one attached hydrogen (secondary N) is 3. The van der Waals surface area contributed by atoms with Gasteiger partial charge in [0, 0.05) is 18.6 Å². The van der Waals surface area contributed by atoms with E-state index in [2.05, 4.69) is 42.1 Å². The quantitative estimate of drug-likeness (QED) is 0.774. The molecule has 132 valence electrons. The number of aryl methyl sites for hydroxylation is 1. The molecule has 2 aliphatic rings. The molecule has 24 heavy (non-hydrogen) atoms. The molecular formula is C19H29N3O2. The summed E-state index contributed by atoms with van der Waals surface area (Å²) < 4.78 is 5.83. The lowest BCUT2D eigenvalue weighted by molar-refractivity contribution is -0.124. The number of ether oxygens (including phenoxy) is 1. The van der Waals surface area contributed by atoms with E-state index in [1.807, 2.05) is 13.0 Å². The van der Waals surface area contributed by atoms with Crippen LogP contribution in [0.4, 0.5) is 0 Å². The fraction of sp³-hybridized carbons (Fsp3) is 0.632. The maximum Gasteiger partial charge on any atom is 0.258 e. The third-order valence-electron chi connectivity index (χ3n) is 5.15. The van der Waals surface area contributed by atoms with Crippen molar-refractivity contribution in [1.29, 1.82) is 0 Å². The van der Waals surface area contributed by atoms with Gasteiger partial charge in [0.15, 0.2) is 6.61 Å². The number of hydrogen-bond donors (Lipinski definition) is 3. The molecule has 5 heteroatoms. The molecule has 1 aromatic rings. The van der Waals surface area contributed by atoms with E-state index in [9.17, 15) is 4.79 Å². The van der Waals surface area contributed by atoms with E-state index in [1.165, 1.54) is 0 Å². The topological polar surface area (TPSA) is 62.4 Å². The van der Waals surface area contributed by atoms with Gasteiger partial charge in [-0.25, -0.2) is 0 Å². The predicted octanol–water partition coefficient (Wildman–Crippen LogP) is 2.26. The Bertz CT molecular complexity index is 588. The number of hydrogen-bond acceptors (Lipinski definition) is 4. The average molecular weight is 331 g/mol. The van der Waals surface area contributed by atoms with Gasteiger partial charge in [-0.05, 0) is 55.2 Å². The minimum absolute atomic E-state index is 0.0198. The van der Waals surface area contributed by atoms with E-state index >= 15 is 0 Å². The molecule has 1 saturated carbocycles. The Morgan fingerprint density at radius 1 is 1.38 bits per heavy atom. The summed E-state index contributed by atoms with van der Waals surface area (Å²) in [5, 5.41) is 3.15. The van der Waals surface area contributed by atoms with Crippen LogP contribution in [0.2, 0.25) is 0 Å². The first-order chi connectivity index (χ1) is 11.5. The largest absolute Gasteiger partial charge is 0.483 e. The van der Waals surface area contributed by atoms with E-state index in [4.69, 9.17) is 4.74 Å². The maximum absolute atomic E-state index is 12.3. The van der Waals surface area contributed by atoms with Gasteiger partial charge in [0.05, 0.1) is 0 Å². The van der Waals surface area contributed by atoms with Crippen LogP contribution in [-0.2, 0) is 4.79 Å². The Labute approximate surface area is 144 Å². The van der Waals surface area contributed by atoms with Crippen molar-refractivity contribution in [3.63, 3.8) is 0 Å². The molecule has 1 heterocycles. The van der Waals surface area contributed by atoms with Gasteiger partial charge in [-0.15, -0.1) is 0 Å². The third kappa shape index (κ3) is 4.08. The van der Waals surface area contributed by atoms with Crippen LogP contribution in [0.25, 0.3) is 0 Å². The average Bonchev–Trinajstić information content (AvgIpc) is 3.00. The third-order valence-corrected chi connectivity index (χ3v) is 5.15. The molecule has 1 aromatic carbocycles. The van der Waals surface area contributed by atoms with Crippen LogP contribution in [0.15, 0.2) is 18.2 Å². The molecule has 1 aliphatic carbocycles. The number of carbonyl (C=O) groups is 1. The highest BCUT2D eigenvalue weighted by Gasteiger charge is 2.34. The molecular weight excluding hydrogens is 302 g/mol. The summed E-state index contributed by atoms with van der Waals surface area (Å²) in [6, 6.07) is 7.03. The number of hydrazine groups is 1. The van der Waals surface area contributed by atoms with Crippen molar-refractivity contribution in [1.82, 2.24) is 16.2 Å².